The van der Waals surface area contributed by atoms with Crippen LogP contribution in [0.2, 0.25) is 0 Å². The second-order valence-electron chi connectivity index (χ2n) is 9.08. The maximum atomic E-state index is 2.49. The van der Waals surface area contributed by atoms with Crippen molar-refractivity contribution in [3.8, 4) is 0 Å². The summed E-state index contributed by atoms with van der Waals surface area (Å²) in [7, 11) is 0. The third kappa shape index (κ3) is 5.38. The number of hydrogen-bond donors (Lipinski definition) is 0. The van der Waals surface area contributed by atoms with E-state index in [4.69, 9.17) is 0 Å². The molecule has 0 aromatic heterocycles. The van der Waals surface area contributed by atoms with Crippen molar-refractivity contribution >= 4 is 22.2 Å². The van der Waals surface area contributed by atoms with Gasteiger partial charge in [-0.05, 0) is 73.0 Å². The quantitative estimate of drug-likeness (QED) is 0.523. The van der Waals surface area contributed by atoms with Crippen molar-refractivity contribution in [2.24, 2.45) is 10.8 Å². The molecule has 0 unspecified atom stereocenters. The molecule has 0 heterocycles. The average molecular weight is 355 g/mol. The molecule has 0 bridgehead atoms. The van der Waals surface area contributed by atoms with Crippen molar-refractivity contribution in [2.45, 2.75) is 68.2 Å². The molecule has 1 heteroatoms. The maximum absolute atomic E-state index is 2.49. The highest BCUT2D eigenvalue weighted by Crippen LogP contribution is 2.47. The molecular formula is C24H34S. The summed E-state index contributed by atoms with van der Waals surface area (Å²) in [5.74, 6) is 0. The summed E-state index contributed by atoms with van der Waals surface area (Å²) in [5.41, 5.74) is 6.23. The van der Waals surface area contributed by atoms with Crippen molar-refractivity contribution < 1.29 is 0 Å². The fourth-order valence-corrected chi connectivity index (χ4v) is 4.97. The molecular weight excluding hydrogens is 320 g/mol. The molecule has 0 atom stereocenters. The van der Waals surface area contributed by atoms with Gasteiger partial charge in [-0.25, -0.2) is 0 Å². The molecule has 1 aromatic carbocycles. The predicted molar refractivity (Wildman–Crippen MR) is 117 cm³/mol. The van der Waals surface area contributed by atoms with Crippen molar-refractivity contribution in [1.29, 1.82) is 0 Å². The molecule has 0 radical (unpaired) electrons. The summed E-state index contributed by atoms with van der Waals surface area (Å²) in [4.78, 5) is 2.72. The Morgan fingerprint density at radius 3 is 2.08 bits per heavy atom. The smallest absolute Gasteiger partial charge is 0.0177 e. The van der Waals surface area contributed by atoms with Crippen LogP contribution >= 0.6 is 11.8 Å². The van der Waals surface area contributed by atoms with Crippen LogP contribution in [0.15, 0.2) is 46.9 Å². The van der Waals surface area contributed by atoms with E-state index in [1.807, 2.05) is 11.8 Å². The number of thioether (sulfide) groups is 1. The lowest BCUT2D eigenvalue weighted by molar-refractivity contribution is 0.229. The molecule has 0 fully saturated rings. The highest BCUT2D eigenvalue weighted by atomic mass is 32.2. The van der Waals surface area contributed by atoms with Gasteiger partial charge in [-0.15, -0.1) is 0 Å². The summed E-state index contributed by atoms with van der Waals surface area (Å²) in [6.07, 6.45) is 7.09. The SMILES string of the molecule is C/C=C(/C)SC(=C(C)C)c1ccc(C2=CC(C)(C)CC(C)(C)C2)cc1. The topological polar surface area (TPSA) is 0 Å². The average Bonchev–Trinajstić information content (AvgIpc) is 2.49. The number of allylic oxidation sites excluding steroid dienone is 5. The van der Waals surface area contributed by atoms with Gasteiger partial charge in [-0.1, -0.05) is 81.4 Å². The molecule has 25 heavy (non-hydrogen) atoms. The predicted octanol–water partition coefficient (Wildman–Crippen LogP) is 8.32. The molecule has 0 saturated carbocycles. The van der Waals surface area contributed by atoms with E-state index in [0.717, 1.165) is 6.42 Å². The first-order valence-corrected chi connectivity index (χ1v) is 10.2. The minimum absolute atomic E-state index is 0.277. The third-order valence-corrected chi connectivity index (χ3v) is 6.22. The van der Waals surface area contributed by atoms with E-state index in [9.17, 15) is 0 Å². The molecule has 1 aromatic rings. The van der Waals surface area contributed by atoms with Crippen molar-refractivity contribution in [3.05, 3.63) is 58.0 Å². The van der Waals surface area contributed by atoms with E-state index in [1.165, 1.54) is 38.5 Å². The van der Waals surface area contributed by atoms with Gasteiger partial charge in [0.15, 0.2) is 0 Å². The summed E-state index contributed by atoms with van der Waals surface area (Å²) in [5, 5.41) is 0. The first-order chi connectivity index (χ1) is 11.5. The summed E-state index contributed by atoms with van der Waals surface area (Å²) < 4.78 is 0. The second kappa shape index (κ2) is 7.58. The van der Waals surface area contributed by atoms with Crippen LogP contribution in [-0.4, -0.2) is 0 Å². The monoisotopic (exact) mass is 354 g/mol. The molecule has 1 aliphatic rings. The van der Waals surface area contributed by atoms with Crippen LogP contribution in [0.25, 0.3) is 10.5 Å². The minimum atomic E-state index is 0.277. The molecule has 0 N–H and O–H groups in total. The van der Waals surface area contributed by atoms with Crippen molar-refractivity contribution in [1.82, 2.24) is 0 Å². The van der Waals surface area contributed by atoms with Gasteiger partial charge < -0.3 is 0 Å². The van der Waals surface area contributed by atoms with E-state index in [0.29, 0.717) is 5.41 Å². The minimum Gasteiger partial charge on any atom is -0.0946 e. The van der Waals surface area contributed by atoms with E-state index >= 15 is 0 Å². The lowest BCUT2D eigenvalue weighted by Gasteiger charge is -2.39. The Labute approximate surface area is 159 Å². The highest BCUT2D eigenvalue weighted by Gasteiger charge is 2.33. The van der Waals surface area contributed by atoms with E-state index in [-0.39, 0.29) is 5.41 Å². The molecule has 2 rings (SSSR count). The van der Waals surface area contributed by atoms with Gasteiger partial charge in [0.2, 0.25) is 0 Å². The van der Waals surface area contributed by atoms with Gasteiger partial charge in [0.05, 0.1) is 0 Å². The van der Waals surface area contributed by atoms with Crippen LogP contribution in [0.1, 0.15) is 79.4 Å². The lowest BCUT2D eigenvalue weighted by Crippen LogP contribution is -2.26. The summed E-state index contributed by atoms with van der Waals surface area (Å²) in [6.45, 7) is 18.2. The Hall–Kier alpha value is -1.21. The number of hydrogen-bond acceptors (Lipinski definition) is 1. The normalized spacial score (nSPS) is 19.4. The van der Waals surface area contributed by atoms with Crippen LogP contribution in [0.5, 0.6) is 0 Å². The van der Waals surface area contributed by atoms with E-state index in [2.05, 4.69) is 91.8 Å². The largest absolute Gasteiger partial charge is 0.0946 e. The summed E-state index contributed by atoms with van der Waals surface area (Å²) >= 11 is 1.87. The molecule has 0 saturated heterocycles. The zero-order valence-electron chi connectivity index (χ0n) is 17.3. The zero-order valence-corrected chi connectivity index (χ0v) is 18.1. The number of benzene rings is 1. The standard InChI is InChI=1S/C24H34S/c1-9-18(4)25-22(17(2)3)20-12-10-19(11-13-20)21-14-23(5,6)16-24(7,8)15-21/h9-14H,15-16H2,1-8H3/b18-9-. The maximum Gasteiger partial charge on any atom is 0.0177 e. The Morgan fingerprint density at radius 1 is 1.00 bits per heavy atom. The lowest BCUT2D eigenvalue weighted by atomic mass is 9.66. The van der Waals surface area contributed by atoms with Gasteiger partial charge in [0.25, 0.3) is 0 Å². The molecule has 136 valence electrons. The first kappa shape index (κ1) is 20.1. The fourth-order valence-electron chi connectivity index (χ4n) is 4.08. The van der Waals surface area contributed by atoms with Gasteiger partial charge >= 0.3 is 0 Å². The first-order valence-electron chi connectivity index (χ1n) is 9.34. The number of rotatable bonds is 4. The fraction of sp³-hybridized carbons (Fsp3) is 0.500. The van der Waals surface area contributed by atoms with Crippen LogP contribution in [0, 0.1) is 10.8 Å². The Bertz CT molecular complexity index is 705. The van der Waals surface area contributed by atoms with Gasteiger partial charge in [-0.2, -0.15) is 0 Å². The molecule has 0 amide bonds. The second-order valence-corrected chi connectivity index (χ2v) is 10.3. The van der Waals surface area contributed by atoms with Crippen molar-refractivity contribution in [2.75, 3.05) is 0 Å². The van der Waals surface area contributed by atoms with E-state index in [1.54, 1.807) is 0 Å². The molecule has 0 spiro atoms. The molecule has 0 nitrogen and oxygen atoms in total. The van der Waals surface area contributed by atoms with Gasteiger partial charge in [0.1, 0.15) is 0 Å². The van der Waals surface area contributed by atoms with Crippen LogP contribution in [0.4, 0.5) is 0 Å². The Balaban J connectivity index is 2.34. The Kier molecular flexibility index (Phi) is 6.09. The van der Waals surface area contributed by atoms with Crippen LogP contribution in [-0.2, 0) is 0 Å². The van der Waals surface area contributed by atoms with Gasteiger partial charge in [0, 0.05) is 4.91 Å². The van der Waals surface area contributed by atoms with Crippen molar-refractivity contribution in [3.63, 3.8) is 0 Å². The van der Waals surface area contributed by atoms with Gasteiger partial charge in [-0.3, -0.25) is 0 Å². The van der Waals surface area contributed by atoms with Crippen LogP contribution < -0.4 is 0 Å². The summed E-state index contributed by atoms with van der Waals surface area (Å²) in [6, 6.07) is 9.21. The van der Waals surface area contributed by atoms with E-state index < -0.39 is 0 Å². The van der Waals surface area contributed by atoms with Crippen LogP contribution in [0.3, 0.4) is 0 Å². The highest BCUT2D eigenvalue weighted by molar-refractivity contribution is 8.11. The Morgan fingerprint density at radius 2 is 1.60 bits per heavy atom. The zero-order chi connectivity index (χ0) is 18.8. The molecule has 1 aliphatic carbocycles. The third-order valence-electron chi connectivity index (χ3n) is 4.81. The molecule has 0 aliphatic heterocycles.